The van der Waals surface area contributed by atoms with Crippen LogP contribution in [0.1, 0.15) is 48.4 Å². The normalized spacial score (nSPS) is 14.6. The van der Waals surface area contributed by atoms with Crippen molar-refractivity contribution in [1.82, 2.24) is 20.8 Å². The van der Waals surface area contributed by atoms with Crippen LogP contribution in [0.4, 0.5) is 0 Å². The summed E-state index contributed by atoms with van der Waals surface area (Å²) in [5.41, 5.74) is 2.69. The summed E-state index contributed by atoms with van der Waals surface area (Å²) in [6, 6.07) is 0. The van der Waals surface area contributed by atoms with Crippen LogP contribution in [-0.2, 0) is 13.0 Å². The number of aromatic amines is 1. The Morgan fingerprint density at radius 2 is 2.22 bits per heavy atom. The molecule has 5 nitrogen and oxygen atoms in total. The third-order valence-corrected chi connectivity index (χ3v) is 3.73. The molecule has 0 saturated carbocycles. The van der Waals surface area contributed by atoms with Gasteiger partial charge < -0.3 is 10.6 Å². The first-order chi connectivity index (χ1) is 8.76. The second-order valence-electron chi connectivity index (χ2n) is 4.85. The number of fused-ring (bicyclic) bond motifs is 1. The van der Waals surface area contributed by atoms with Gasteiger partial charge in [0.05, 0.1) is 0 Å². The van der Waals surface area contributed by atoms with Crippen molar-refractivity contribution in [3.8, 4) is 0 Å². The standard InChI is InChI=1S/C13H22N4O/c1-3-9(4-2)7-15-13(18)12-10-8-14-6-5-11(10)16-17-12/h9,14H,3-8H2,1-2H3,(H,15,18)(H,16,17). The number of rotatable bonds is 5. The third kappa shape index (κ3) is 2.72. The molecule has 0 fully saturated rings. The van der Waals surface area contributed by atoms with Crippen LogP contribution in [0.15, 0.2) is 0 Å². The molecule has 2 rings (SSSR count). The number of hydrogen-bond donors (Lipinski definition) is 3. The maximum Gasteiger partial charge on any atom is 0.272 e. The average Bonchev–Trinajstić information content (AvgIpc) is 2.83. The summed E-state index contributed by atoms with van der Waals surface area (Å²) in [7, 11) is 0. The number of nitrogens with one attached hydrogen (secondary N) is 3. The molecule has 0 aromatic carbocycles. The summed E-state index contributed by atoms with van der Waals surface area (Å²) in [6.07, 6.45) is 3.11. The van der Waals surface area contributed by atoms with Crippen molar-refractivity contribution >= 4 is 5.91 Å². The Hall–Kier alpha value is -1.36. The van der Waals surface area contributed by atoms with Gasteiger partial charge in [-0.15, -0.1) is 0 Å². The van der Waals surface area contributed by atoms with Gasteiger partial charge in [0.15, 0.2) is 5.69 Å². The van der Waals surface area contributed by atoms with Gasteiger partial charge in [0.2, 0.25) is 0 Å². The van der Waals surface area contributed by atoms with Crippen molar-refractivity contribution in [1.29, 1.82) is 0 Å². The van der Waals surface area contributed by atoms with E-state index in [4.69, 9.17) is 0 Å². The molecule has 100 valence electrons. The largest absolute Gasteiger partial charge is 0.350 e. The van der Waals surface area contributed by atoms with Crippen molar-refractivity contribution < 1.29 is 4.79 Å². The molecule has 18 heavy (non-hydrogen) atoms. The van der Waals surface area contributed by atoms with Gasteiger partial charge in [0, 0.05) is 37.3 Å². The lowest BCUT2D eigenvalue weighted by Gasteiger charge is -2.15. The first-order valence-electron chi connectivity index (χ1n) is 6.81. The van der Waals surface area contributed by atoms with Crippen LogP contribution in [0.2, 0.25) is 0 Å². The van der Waals surface area contributed by atoms with Gasteiger partial charge in [-0.3, -0.25) is 9.89 Å². The number of carbonyl (C=O) groups is 1. The molecule has 0 saturated heterocycles. The Morgan fingerprint density at radius 1 is 1.44 bits per heavy atom. The van der Waals surface area contributed by atoms with E-state index >= 15 is 0 Å². The number of carbonyl (C=O) groups excluding carboxylic acids is 1. The second kappa shape index (κ2) is 6.00. The third-order valence-electron chi connectivity index (χ3n) is 3.73. The summed E-state index contributed by atoms with van der Waals surface area (Å²) in [6.45, 7) is 6.73. The van der Waals surface area contributed by atoms with E-state index in [0.717, 1.165) is 50.2 Å². The number of hydrogen-bond acceptors (Lipinski definition) is 3. The summed E-state index contributed by atoms with van der Waals surface area (Å²) in [4.78, 5) is 12.1. The Kier molecular flexibility index (Phi) is 4.36. The van der Waals surface area contributed by atoms with E-state index in [-0.39, 0.29) is 5.91 Å². The lowest BCUT2D eigenvalue weighted by Crippen LogP contribution is -2.31. The summed E-state index contributed by atoms with van der Waals surface area (Å²) in [5, 5.41) is 13.4. The number of H-pyrrole nitrogens is 1. The SMILES string of the molecule is CCC(CC)CNC(=O)c1n[nH]c2c1CNCC2. The molecule has 3 N–H and O–H groups in total. The van der Waals surface area contributed by atoms with E-state index in [9.17, 15) is 4.79 Å². The molecule has 1 aliphatic heterocycles. The van der Waals surface area contributed by atoms with Gasteiger partial charge in [-0.05, 0) is 5.92 Å². The lowest BCUT2D eigenvalue weighted by atomic mass is 10.0. The quantitative estimate of drug-likeness (QED) is 0.736. The van der Waals surface area contributed by atoms with E-state index in [1.165, 1.54) is 0 Å². The van der Waals surface area contributed by atoms with Gasteiger partial charge in [-0.25, -0.2) is 0 Å². The highest BCUT2D eigenvalue weighted by atomic mass is 16.1. The fourth-order valence-corrected chi connectivity index (χ4v) is 2.31. The lowest BCUT2D eigenvalue weighted by molar-refractivity contribution is 0.0940. The molecule has 0 unspecified atom stereocenters. The zero-order valence-electron chi connectivity index (χ0n) is 11.2. The summed E-state index contributed by atoms with van der Waals surface area (Å²) < 4.78 is 0. The predicted octanol–water partition coefficient (Wildman–Crippen LogP) is 1.22. The Balaban J connectivity index is 1.99. The minimum Gasteiger partial charge on any atom is -0.350 e. The maximum atomic E-state index is 12.1. The van der Waals surface area contributed by atoms with E-state index in [1.807, 2.05) is 0 Å². The highest BCUT2D eigenvalue weighted by molar-refractivity contribution is 5.94. The van der Waals surface area contributed by atoms with E-state index in [2.05, 4.69) is 34.7 Å². The zero-order chi connectivity index (χ0) is 13.0. The first kappa shape index (κ1) is 13.1. The molecule has 0 bridgehead atoms. The molecule has 1 aliphatic rings. The number of aromatic nitrogens is 2. The molecule has 0 radical (unpaired) electrons. The average molecular weight is 250 g/mol. The fourth-order valence-electron chi connectivity index (χ4n) is 2.31. The monoisotopic (exact) mass is 250 g/mol. The van der Waals surface area contributed by atoms with Gasteiger partial charge >= 0.3 is 0 Å². The van der Waals surface area contributed by atoms with Gasteiger partial charge in [-0.2, -0.15) is 5.10 Å². The van der Waals surface area contributed by atoms with Crippen LogP contribution in [0.5, 0.6) is 0 Å². The molecule has 2 heterocycles. The Labute approximate surface area is 108 Å². The topological polar surface area (TPSA) is 69.8 Å². The predicted molar refractivity (Wildman–Crippen MR) is 70.4 cm³/mol. The van der Waals surface area contributed by atoms with Crippen LogP contribution in [0.3, 0.4) is 0 Å². The molecular formula is C13H22N4O. The molecule has 1 amide bonds. The maximum absolute atomic E-state index is 12.1. The van der Waals surface area contributed by atoms with Crippen molar-refractivity contribution in [2.45, 2.75) is 39.7 Å². The Morgan fingerprint density at radius 3 is 2.94 bits per heavy atom. The van der Waals surface area contributed by atoms with E-state index in [1.54, 1.807) is 0 Å². The molecule has 0 spiro atoms. The fraction of sp³-hybridized carbons (Fsp3) is 0.692. The molecule has 0 atom stereocenters. The smallest absolute Gasteiger partial charge is 0.272 e. The van der Waals surface area contributed by atoms with E-state index in [0.29, 0.717) is 11.6 Å². The number of amides is 1. The first-order valence-corrected chi connectivity index (χ1v) is 6.81. The van der Waals surface area contributed by atoms with Gasteiger partial charge in [0.25, 0.3) is 5.91 Å². The molecule has 5 heteroatoms. The summed E-state index contributed by atoms with van der Waals surface area (Å²) in [5.74, 6) is 0.505. The van der Waals surface area contributed by atoms with Crippen LogP contribution in [-0.4, -0.2) is 29.2 Å². The van der Waals surface area contributed by atoms with Gasteiger partial charge in [-0.1, -0.05) is 26.7 Å². The number of nitrogens with zero attached hydrogens (tertiary/aromatic N) is 1. The van der Waals surface area contributed by atoms with Crippen molar-refractivity contribution in [3.05, 3.63) is 17.0 Å². The molecular weight excluding hydrogens is 228 g/mol. The van der Waals surface area contributed by atoms with Crippen molar-refractivity contribution in [2.24, 2.45) is 5.92 Å². The minimum absolute atomic E-state index is 0.0527. The minimum atomic E-state index is -0.0527. The van der Waals surface area contributed by atoms with Crippen molar-refractivity contribution in [2.75, 3.05) is 13.1 Å². The van der Waals surface area contributed by atoms with Crippen molar-refractivity contribution in [3.63, 3.8) is 0 Å². The Bertz CT molecular complexity index is 409. The molecule has 1 aromatic rings. The van der Waals surface area contributed by atoms with Crippen LogP contribution < -0.4 is 10.6 Å². The summed E-state index contributed by atoms with van der Waals surface area (Å²) >= 11 is 0. The highest BCUT2D eigenvalue weighted by Crippen LogP contribution is 2.15. The molecule has 1 aromatic heterocycles. The second-order valence-corrected chi connectivity index (χ2v) is 4.85. The highest BCUT2D eigenvalue weighted by Gasteiger charge is 2.21. The van der Waals surface area contributed by atoms with Crippen LogP contribution in [0, 0.1) is 5.92 Å². The zero-order valence-corrected chi connectivity index (χ0v) is 11.2. The van der Waals surface area contributed by atoms with Crippen LogP contribution >= 0.6 is 0 Å². The molecule has 0 aliphatic carbocycles. The van der Waals surface area contributed by atoms with E-state index < -0.39 is 0 Å². The van der Waals surface area contributed by atoms with Gasteiger partial charge in [0.1, 0.15) is 0 Å². The van der Waals surface area contributed by atoms with Crippen LogP contribution in [0.25, 0.3) is 0 Å².